The average Bonchev–Trinajstić information content (AvgIpc) is 2.84. The fourth-order valence-electron chi connectivity index (χ4n) is 2.67. The van der Waals surface area contributed by atoms with Gasteiger partial charge < -0.3 is 5.32 Å². The molecule has 0 unspecified atom stereocenters. The molecule has 0 atom stereocenters. The molecule has 3 aromatic rings. The van der Waals surface area contributed by atoms with E-state index in [-0.39, 0.29) is 23.3 Å². The summed E-state index contributed by atoms with van der Waals surface area (Å²) < 4.78 is 15.5. The number of carbonyl (C=O) groups is 1. The topological polar surface area (TPSA) is 46.9 Å². The first-order valence-electron chi connectivity index (χ1n) is 7.90. The molecule has 0 bridgehead atoms. The maximum absolute atomic E-state index is 13.9. The summed E-state index contributed by atoms with van der Waals surface area (Å²) in [5.74, 6) is -0.651. The number of nitrogens with one attached hydrogen (secondary N) is 1. The van der Waals surface area contributed by atoms with Crippen molar-refractivity contribution in [1.29, 1.82) is 0 Å². The van der Waals surface area contributed by atoms with E-state index in [1.54, 1.807) is 41.9 Å². The largest absolute Gasteiger partial charge is 0.319 e. The summed E-state index contributed by atoms with van der Waals surface area (Å²) in [6.07, 6.45) is 0. The molecule has 0 aliphatic carbocycles. The summed E-state index contributed by atoms with van der Waals surface area (Å²) in [5.41, 5.74) is 2.78. The highest BCUT2D eigenvalue weighted by molar-refractivity contribution is 6.37. The standard InChI is InChI=1S/C19H16Cl2FN3O/c1-11-18(23-19(26)15-8-7-14(20)9-16(15)21)12(2)25(24-11)10-13-5-3-4-6-17(13)22/h3-9H,10H2,1-2H3,(H,23,26). The van der Waals surface area contributed by atoms with Gasteiger partial charge in [0, 0.05) is 10.6 Å². The Hall–Kier alpha value is -2.37. The van der Waals surface area contributed by atoms with Gasteiger partial charge in [-0.05, 0) is 38.1 Å². The van der Waals surface area contributed by atoms with Crippen LogP contribution in [0.3, 0.4) is 0 Å². The predicted octanol–water partition coefficient (Wildman–Crippen LogP) is 5.25. The van der Waals surface area contributed by atoms with Crippen molar-refractivity contribution >= 4 is 34.8 Å². The van der Waals surface area contributed by atoms with Crippen LogP contribution in [0.4, 0.5) is 10.1 Å². The lowest BCUT2D eigenvalue weighted by Gasteiger charge is -2.09. The number of hydrogen-bond donors (Lipinski definition) is 1. The van der Waals surface area contributed by atoms with Crippen LogP contribution < -0.4 is 5.32 Å². The Bertz CT molecular complexity index is 985. The lowest BCUT2D eigenvalue weighted by Crippen LogP contribution is -2.14. The second-order valence-corrected chi connectivity index (χ2v) is 6.72. The summed E-state index contributed by atoms with van der Waals surface area (Å²) in [6.45, 7) is 3.88. The fourth-order valence-corrected chi connectivity index (χ4v) is 3.17. The highest BCUT2D eigenvalue weighted by Gasteiger charge is 2.18. The van der Waals surface area contributed by atoms with Gasteiger partial charge in [0.05, 0.1) is 34.2 Å². The van der Waals surface area contributed by atoms with Crippen LogP contribution >= 0.6 is 23.2 Å². The van der Waals surface area contributed by atoms with Crippen LogP contribution in [0.2, 0.25) is 10.0 Å². The summed E-state index contributed by atoms with van der Waals surface area (Å²) >= 11 is 12.0. The Kier molecular flexibility index (Phi) is 5.30. The average molecular weight is 392 g/mol. The van der Waals surface area contributed by atoms with Crippen molar-refractivity contribution in [2.45, 2.75) is 20.4 Å². The second kappa shape index (κ2) is 7.48. The van der Waals surface area contributed by atoms with Gasteiger partial charge in [-0.2, -0.15) is 5.10 Å². The van der Waals surface area contributed by atoms with Crippen LogP contribution in [0.25, 0.3) is 0 Å². The number of anilines is 1. The van der Waals surface area contributed by atoms with Crippen LogP contribution in [0.15, 0.2) is 42.5 Å². The van der Waals surface area contributed by atoms with Gasteiger partial charge in [0.25, 0.3) is 5.91 Å². The van der Waals surface area contributed by atoms with Crippen molar-refractivity contribution in [2.75, 3.05) is 5.32 Å². The van der Waals surface area contributed by atoms with E-state index >= 15 is 0 Å². The summed E-state index contributed by atoms with van der Waals surface area (Å²) in [5, 5.41) is 7.97. The van der Waals surface area contributed by atoms with Crippen LogP contribution in [0, 0.1) is 19.7 Å². The number of aromatic nitrogens is 2. The summed E-state index contributed by atoms with van der Waals surface area (Å²) in [6, 6.07) is 11.2. The molecule has 3 rings (SSSR count). The number of aryl methyl sites for hydroxylation is 1. The van der Waals surface area contributed by atoms with Gasteiger partial charge in [-0.3, -0.25) is 9.48 Å². The molecule has 26 heavy (non-hydrogen) atoms. The van der Waals surface area contributed by atoms with E-state index in [2.05, 4.69) is 10.4 Å². The molecule has 1 heterocycles. The third-order valence-corrected chi connectivity index (χ3v) is 4.62. The normalized spacial score (nSPS) is 10.8. The molecule has 0 fully saturated rings. The second-order valence-electron chi connectivity index (χ2n) is 5.87. The monoisotopic (exact) mass is 391 g/mol. The SMILES string of the molecule is Cc1nn(Cc2ccccc2F)c(C)c1NC(=O)c1ccc(Cl)cc1Cl. The maximum atomic E-state index is 13.9. The molecule has 134 valence electrons. The van der Waals surface area contributed by atoms with E-state index < -0.39 is 0 Å². The smallest absolute Gasteiger partial charge is 0.257 e. The number of benzene rings is 2. The number of carbonyl (C=O) groups excluding carboxylic acids is 1. The van der Waals surface area contributed by atoms with E-state index in [9.17, 15) is 9.18 Å². The van der Waals surface area contributed by atoms with Crippen molar-refractivity contribution in [3.63, 3.8) is 0 Å². The third kappa shape index (κ3) is 3.74. The molecule has 0 saturated carbocycles. The molecule has 7 heteroatoms. The summed E-state index contributed by atoms with van der Waals surface area (Å²) in [7, 11) is 0. The third-order valence-electron chi connectivity index (χ3n) is 4.07. The predicted molar refractivity (Wildman–Crippen MR) is 102 cm³/mol. The molecular formula is C19H16Cl2FN3O. The fraction of sp³-hybridized carbons (Fsp3) is 0.158. The van der Waals surface area contributed by atoms with Gasteiger partial charge in [-0.1, -0.05) is 41.4 Å². The van der Waals surface area contributed by atoms with Crippen molar-refractivity contribution in [1.82, 2.24) is 9.78 Å². The molecule has 0 saturated heterocycles. The Morgan fingerprint density at radius 2 is 1.92 bits per heavy atom. The molecule has 0 radical (unpaired) electrons. The van der Waals surface area contributed by atoms with Crippen LogP contribution in [-0.2, 0) is 6.54 Å². The Morgan fingerprint density at radius 1 is 1.19 bits per heavy atom. The molecule has 1 amide bonds. The minimum absolute atomic E-state index is 0.268. The van der Waals surface area contributed by atoms with Gasteiger partial charge in [0.1, 0.15) is 5.82 Å². The number of nitrogens with zero attached hydrogens (tertiary/aromatic N) is 2. The van der Waals surface area contributed by atoms with Gasteiger partial charge in [-0.25, -0.2) is 4.39 Å². The highest BCUT2D eigenvalue weighted by Crippen LogP contribution is 2.25. The highest BCUT2D eigenvalue weighted by atomic mass is 35.5. The molecule has 1 aromatic heterocycles. The molecule has 0 aliphatic heterocycles. The van der Waals surface area contributed by atoms with Gasteiger partial charge >= 0.3 is 0 Å². The van der Waals surface area contributed by atoms with Crippen LogP contribution in [-0.4, -0.2) is 15.7 Å². The number of hydrogen-bond acceptors (Lipinski definition) is 2. The minimum atomic E-state index is -0.358. The molecule has 1 N–H and O–H groups in total. The van der Waals surface area contributed by atoms with E-state index in [0.29, 0.717) is 27.5 Å². The molecule has 0 spiro atoms. The Labute approximate surface area is 160 Å². The summed E-state index contributed by atoms with van der Waals surface area (Å²) in [4.78, 5) is 12.5. The van der Waals surface area contributed by atoms with Crippen LogP contribution in [0.1, 0.15) is 27.3 Å². The Balaban J connectivity index is 1.86. The first-order valence-corrected chi connectivity index (χ1v) is 8.66. The zero-order valence-corrected chi connectivity index (χ0v) is 15.7. The molecular weight excluding hydrogens is 376 g/mol. The number of halogens is 3. The Morgan fingerprint density at radius 3 is 2.62 bits per heavy atom. The maximum Gasteiger partial charge on any atom is 0.257 e. The van der Waals surface area contributed by atoms with Crippen molar-refractivity contribution in [3.8, 4) is 0 Å². The van der Waals surface area contributed by atoms with E-state index in [4.69, 9.17) is 23.2 Å². The first-order chi connectivity index (χ1) is 12.4. The molecule has 4 nitrogen and oxygen atoms in total. The zero-order chi connectivity index (χ0) is 18.8. The number of rotatable bonds is 4. The lowest BCUT2D eigenvalue weighted by atomic mass is 10.2. The molecule has 2 aromatic carbocycles. The number of amides is 1. The quantitative estimate of drug-likeness (QED) is 0.660. The van der Waals surface area contributed by atoms with E-state index in [0.717, 1.165) is 5.69 Å². The zero-order valence-electron chi connectivity index (χ0n) is 14.2. The van der Waals surface area contributed by atoms with Gasteiger partial charge in [0.15, 0.2) is 0 Å². The van der Waals surface area contributed by atoms with Gasteiger partial charge in [-0.15, -0.1) is 0 Å². The molecule has 0 aliphatic rings. The van der Waals surface area contributed by atoms with Crippen molar-refractivity contribution in [2.24, 2.45) is 0 Å². The van der Waals surface area contributed by atoms with Crippen molar-refractivity contribution in [3.05, 3.63) is 80.8 Å². The first kappa shape index (κ1) is 18.4. The lowest BCUT2D eigenvalue weighted by molar-refractivity contribution is 0.102. The van der Waals surface area contributed by atoms with E-state index in [1.165, 1.54) is 12.1 Å². The van der Waals surface area contributed by atoms with Gasteiger partial charge in [0.2, 0.25) is 0 Å². The van der Waals surface area contributed by atoms with Crippen molar-refractivity contribution < 1.29 is 9.18 Å². The van der Waals surface area contributed by atoms with E-state index in [1.807, 2.05) is 6.92 Å². The minimum Gasteiger partial charge on any atom is -0.319 e. The van der Waals surface area contributed by atoms with Crippen LogP contribution in [0.5, 0.6) is 0 Å².